The summed E-state index contributed by atoms with van der Waals surface area (Å²) in [4.78, 5) is 11.9. The average Bonchev–Trinajstić information content (AvgIpc) is 2.68. The molecule has 0 fully saturated rings. The van der Waals surface area contributed by atoms with Crippen LogP contribution in [0.15, 0.2) is 30.5 Å². The molecule has 2 rings (SSSR count). The molecule has 0 amide bonds. The van der Waals surface area contributed by atoms with Gasteiger partial charge >= 0.3 is 0 Å². The lowest BCUT2D eigenvalue weighted by atomic mass is 10.1. The van der Waals surface area contributed by atoms with E-state index in [1.807, 2.05) is 6.92 Å². The number of aromatic nitrogens is 2. The van der Waals surface area contributed by atoms with Crippen LogP contribution in [-0.2, 0) is 6.54 Å². The molecule has 0 saturated heterocycles. The number of carbonyl (C=O) groups is 1. The zero-order valence-corrected chi connectivity index (χ0v) is 10.6. The molecule has 3 nitrogen and oxygen atoms in total. The van der Waals surface area contributed by atoms with Crippen molar-refractivity contribution in [3.8, 4) is 0 Å². The molecule has 0 aliphatic carbocycles. The molecule has 0 aliphatic heterocycles. The highest BCUT2D eigenvalue weighted by Gasteiger charge is 2.09. The van der Waals surface area contributed by atoms with Crippen LogP contribution in [0.5, 0.6) is 0 Å². The van der Waals surface area contributed by atoms with Crippen molar-refractivity contribution in [2.24, 2.45) is 0 Å². The van der Waals surface area contributed by atoms with Crippen molar-refractivity contribution in [3.05, 3.63) is 52.6 Å². The van der Waals surface area contributed by atoms with Crippen molar-refractivity contribution < 1.29 is 9.18 Å². The summed E-state index contributed by atoms with van der Waals surface area (Å²) in [7, 11) is 0. The van der Waals surface area contributed by atoms with Crippen molar-refractivity contribution in [1.29, 1.82) is 0 Å². The summed E-state index contributed by atoms with van der Waals surface area (Å²) in [6.45, 7) is 2.31. The van der Waals surface area contributed by atoms with E-state index in [-0.39, 0.29) is 11.6 Å². The molecule has 1 aromatic heterocycles. The highest BCUT2D eigenvalue weighted by Crippen LogP contribution is 2.14. The minimum atomic E-state index is -0.346. The summed E-state index contributed by atoms with van der Waals surface area (Å²) in [5.74, 6) is -0.387. The zero-order chi connectivity index (χ0) is 13.1. The summed E-state index contributed by atoms with van der Waals surface area (Å²) in [6, 6.07) is 5.54. The lowest BCUT2D eigenvalue weighted by molar-refractivity contribution is 0.0975. The molecule has 2 aromatic rings. The first kappa shape index (κ1) is 12.8. The first-order valence-corrected chi connectivity index (χ1v) is 5.92. The fraction of sp³-hybridized carbons (Fsp3) is 0.231. The topological polar surface area (TPSA) is 34.9 Å². The second-order valence-electron chi connectivity index (χ2n) is 3.98. The predicted octanol–water partition coefficient (Wildman–Crippen LogP) is 3.26. The Labute approximate surface area is 109 Å². The monoisotopic (exact) mass is 266 g/mol. The van der Waals surface area contributed by atoms with Crippen LogP contribution in [0.1, 0.15) is 22.5 Å². The van der Waals surface area contributed by atoms with Crippen molar-refractivity contribution in [2.75, 3.05) is 0 Å². The van der Waals surface area contributed by atoms with Crippen molar-refractivity contribution in [1.82, 2.24) is 9.78 Å². The molecule has 94 valence electrons. The van der Waals surface area contributed by atoms with Gasteiger partial charge in [0.05, 0.1) is 16.9 Å². The first-order chi connectivity index (χ1) is 8.58. The zero-order valence-electron chi connectivity index (χ0n) is 9.86. The average molecular weight is 267 g/mol. The van der Waals surface area contributed by atoms with E-state index in [1.54, 1.807) is 10.9 Å². The van der Waals surface area contributed by atoms with Gasteiger partial charge in [-0.25, -0.2) is 4.39 Å². The Kier molecular flexibility index (Phi) is 3.77. The summed E-state index contributed by atoms with van der Waals surface area (Å²) in [5.41, 5.74) is 1.34. The van der Waals surface area contributed by atoms with Gasteiger partial charge in [-0.2, -0.15) is 5.10 Å². The van der Waals surface area contributed by atoms with Gasteiger partial charge in [-0.15, -0.1) is 0 Å². The molecule has 0 N–H and O–H groups in total. The molecule has 0 aliphatic rings. The van der Waals surface area contributed by atoms with Crippen LogP contribution < -0.4 is 0 Å². The number of ketones is 1. The number of halogens is 2. The second kappa shape index (κ2) is 5.31. The predicted molar refractivity (Wildman–Crippen MR) is 67.3 cm³/mol. The second-order valence-corrected chi connectivity index (χ2v) is 4.39. The summed E-state index contributed by atoms with van der Waals surface area (Å²) >= 11 is 5.87. The standard InChI is InChI=1S/C13H12ClFN2O/c1-9-12(14)8-16-17(9)7-6-13(18)10-2-4-11(15)5-3-10/h2-5,8H,6-7H2,1H3. The van der Waals surface area contributed by atoms with Gasteiger partial charge in [0.2, 0.25) is 0 Å². The summed E-state index contributed by atoms with van der Waals surface area (Å²) in [6.07, 6.45) is 1.86. The lowest BCUT2D eigenvalue weighted by Gasteiger charge is -2.04. The molecule has 0 unspecified atom stereocenters. The first-order valence-electron chi connectivity index (χ1n) is 5.54. The van der Waals surface area contributed by atoms with Gasteiger partial charge in [-0.1, -0.05) is 11.6 Å². The van der Waals surface area contributed by atoms with E-state index in [0.29, 0.717) is 23.6 Å². The molecule has 0 bridgehead atoms. The molecule has 0 spiro atoms. The van der Waals surface area contributed by atoms with Crippen LogP contribution in [0.3, 0.4) is 0 Å². The van der Waals surface area contributed by atoms with E-state index in [1.165, 1.54) is 24.3 Å². The number of benzene rings is 1. The maximum absolute atomic E-state index is 12.7. The van der Waals surface area contributed by atoms with Gasteiger partial charge < -0.3 is 0 Å². The Morgan fingerprint density at radius 3 is 2.61 bits per heavy atom. The third-order valence-corrected chi connectivity index (χ3v) is 3.13. The molecule has 0 radical (unpaired) electrons. The van der Waals surface area contributed by atoms with Gasteiger partial charge in [-0.05, 0) is 31.2 Å². The minimum Gasteiger partial charge on any atom is -0.294 e. The molecule has 0 saturated carbocycles. The van der Waals surface area contributed by atoms with E-state index in [4.69, 9.17) is 11.6 Å². The number of hydrogen-bond donors (Lipinski definition) is 0. The Balaban J connectivity index is 2.00. The summed E-state index contributed by atoms with van der Waals surface area (Å²) in [5, 5.41) is 4.65. The van der Waals surface area contributed by atoms with Gasteiger partial charge in [0.25, 0.3) is 0 Å². The number of hydrogen-bond acceptors (Lipinski definition) is 2. The van der Waals surface area contributed by atoms with Crippen LogP contribution in [0.2, 0.25) is 5.02 Å². The molecule has 0 atom stereocenters. The highest BCUT2D eigenvalue weighted by atomic mass is 35.5. The minimum absolute atomic E-state index is 0.0407. The normalized spacial score (nSPS) is 10.6. The third kappa shape index (κ3) is 2.76. The molecular weight excluding hydrogens is 255 g/mol. The van der Waals surface area contributed by atoms with Gasteiger partial charge in [0, 0.05) is 18.5 Å². The van der Waals surface area contributed by atoms with Crippen LogP contribution in [-0.4, -0.2) is 15.6 Å². The SMILES string of the molecule is Cc1c(Cl)cnn1CCC(=O)c1ccc(F)cc1. The van der Waals surface area contributed by atoms with Gasteiger partial charge in [-0.3, -0.25) is 9.48 Å². The molecular formula is C13H12ClFN2O. The Morgan fingerprint density at radius 1 is 1.39 bits per heavy atom. The largest absolute Gasteiger partial charge is 0.294 e. The lowest BCUT2D eigenvalue weighted by Crippen LogP contribution is -2.08. The number of aryl methyl sites for hydroxylation is 1. The highest BCUT2D eigenvalue weighted by molar-refractivity contribution is 6.31. The van der Waals surface area contributed by atoms with E-state index in [0.717, 1.165) is 5.69 Å². The van der Waals surface area contributed by atoms with Crippen molar-refractivity contribution >= 4 is 17.4 Å². The molecule has 1 heterocycles. The molecule has 1 aromatic carbocycles. The van der Waals surface area contributed by atoms with E-state index in [9.17, 15) is 9.18 Å². The number of Topliss-reactive ketones (excluding diaryl/α,β-unsaturated/α-hetero) is 1. The third-order valence-electron chi connectivity index (χ3n) is 2.76. The van der Waals surface area contributed by atoms with E-state index >= 15 is 0 Å². The van der Waals surface area contributed by atoms with Gasteiger partial charge in [0.1, 0.15) is 5.82 Å². The smallest absolute Gasteiger partial charge is 0.164 e. The van der Waals surface area contributed by atoms with E-state index in [2.05, 4.69) is 5.10 Å². The Morgan fingerprint density at radius 2 is 2.06 bits per heavy atom. The van der Waals surface area contributed by atoms with Crippen LogP contribution in [0.25, 0.3) is 0 Å². The fourth-order valence-electron chi connectivity index (χ4n) is 1.64. The Hall–Kier alpha value is -1.68. The van der Waals surface area contributed by atoms with Crippen LogP contribution in [0.4, 0.5) is 4.39 Å². The van der Waals surface area contributed by atoms with E-state index < -0.39 is 0 Å². The van der Waals surface area contributed by atoms with Crippen molar-refractivity contribution in [2.45, 2.75) is 19.9 Å². The summed E-state index contributed by atoms with van der Waals surface area (Å²) < 4.78 is 14.4. The molecule has 18 heavy (non-hydrogen) atoms. The number of nitrogens with zero attached hydrogens (tertiary/aromatic N) is 2. The van der Waals surface area contributed by atoms with Gasteiger partial charge in [0.15, 0.2) is 5.78 Å². The maximum atomic E-state index is 12.7. The Bertz CT molecular complexity index is 563. The molecule has 5 heteroatoms. The maximum Gasteiger partial charge on any atom is 0.164 e. The number of rotatable bonds is 4. The van der Waals surface area contributed by atoms with Crippen molar-refractivity contribution in [3.63, 3.8) is 0 Å². The van der Waals surface area contributed by atoms with Crippen LogP contribution >= 0.6 is 11.6 Å². The fourth-order valence-corrected chi connectivity index (χ4v) is 1.78. The van der Waals surface area contributed by atoms with Crippen LogP contribution in [0, 0.1) is 12.7 Å². The number of carbonyl (C=O) groups excluding carboxylic acids is 1. The quantitative estimate of drug-likeness (QED) is 0.796.